The number of hydrogen-bond donors (Lipinski definition) is 1. The van der Waals surface area contributed by atoms with E-state index in [1.165, 1.54) is 6.26 Å². The van der Waals surface area contributed by atoms with Gasteiger partial charge < -0.3 is 10.2 Å². The van der Waals surface area contributed by atoms with Gasteiger partial charge in [-0.2, -0.15) is 0 Å². The molecule has 2 rings (SSSR count). The van der Waals surface area contributed by atoms with Crippen molar-refractivity contribution in [3.05, 3.63) is 58.5 Å². The molecule has 0 aliphatic rings. The van der Waals surface area contributed by atoms with E-state index in [0.29, 0.717) is 5.76 Å². The fraction of sp³-hybridized carbons (Fsp3) is 0.0909. The second-order valence-corrected chi connectivity index (χ2v) is 3.69. The van der Waals surface area contributed by atoms with Crippen LogP contribution in [0, 0.1) is 11.6 Å². The van der Waals surface area contributed by atoms with Crippen LogP contribution in [-0.2, 0) is 0 Å². The van der Waals surface area contributed by atoms with Crippen molar-refractivity contribution >= 4 is 11.6 Å². The lowest BCUT2D eigenvalue weighted by molar-refractivity contribution is 0.483. The normalized spacial score (nSPS) is 12.8. The molecule has 0 fully saturated rings. The van der Waals surface area contributed by atoms with Gasteiger partial charge >= 0.3 is 0 Å². The smallest absolute Gasteiger partial charge is 0.160 e. The van der Waals surface area contributed by atoms with E-state index in [1.807, 2.05) is 0 Å². The molecule has 0 saturated heterocycles. The molecule has 0 amide bonds. The van der Waals surface area contributed by atoms with E-state index >= 15 is 0 Å². The third kappa shape index (κ3) is 1.94. The molecular weight excluding hydrogens is 236 g/mol. The summed E-state index contributed by atoms with van der Waals surface area (Å²) in [5, 5.41) is 0.0720. The Bertz CT molecular complexity index is 499. The van der Waals surface area contributed by atoms with Crippen molar-refractivity contribution in [1.82, 2.24) is 0 Å². The van der Waals surface area contributed by atoms with Crippen molar-refractivity contribution < 1.29 is 13.2 Å². The monoisotopic (exact) mass is 243 g/mol. The molecule has 2 nitrogen and oxygen atoms in total. The first-order valence-corrected chi connectivity index (χ1v) is 4.91. The lowest BCUT2D eigenvalue weighted by atomic mass is 10.1. The molecule has 1 heterocycles. The standard InChI is InChI=1S/C11H8ClF2NO/c12-7-5-9(14)8(13)4-6(7)11(15)10-2-1-3-16-10/h1-5,11H,15H2. The van der Waals surface area contributed by atoms with Crippen LogP contribution >= 0.6 is 11.6 Å². The van der Waals surface area contributed by atoms with Crippen LogP contribution in [0.2, 0.25) is 5.02 Å². The highest BCUT2D eigenvalue weighted by atomic mass is 35.5. The Hall–Kier alpha value is -1.39. The molecule has 16 heavy (non-hydrogen) atoms. The first kappa shape index (κ1) is 11.1. The van der Waals surface area contributed by atoms with Gasteiger partial charge in [-0.15, -0.1) is 0 Å². The highest BCUT2D eigenvalue weighted by Gasteiger charge is 2.17. The van der Waals surface area contributed by atoms with Gasteiger partial charge in [0.05, 0.1) is 12.3 Å². The summed E-state index contributed by atoms with van der Waals surface area (Å²) in [5.74, 6) is -1.55. The number of hydrogen-bond acceptors (Lipinski definition) is 2. The fourth-order valence-corrected chi connectivity index (χ4v) is 1.67. The van der Waals surface area contributed by atoms with Gasteiger partial charge in [0.2, 0.25) is 0 Å². The van der Waals surface area contributed by atoms with Crippen LogP contribution in [0.3, 0.4) is 0 Å². The minimum atomic E-state index is -1.000. The van der Waals surface area contributed by atoms with Gasteiger partial charge in [-0.1, -0.05) is 11.6 Å². The topological polar surface area (TPSA) is 39.2 Å². The van der Waals surface area contributed by atoms with Crippen LogP contribution in [-0.4, -0.2) is 0 Å². The molecule has 2 aromatic rings. The molecule has 1 aromatic heterocycles. The summed E-state index contributed by atoms with van der Waals surface area (Å²) in [6.45, 7) is 0. The summed E-state index contributed by atoms with van der Waals surface area (Å²) >= 11 is 5.78. The van der Waals surface area contributed by atoms with Crippen LogP contribution in [0.25, 0.3) is 0 Å². The summed E-state index contributed by atoms with van der Waals surface area (Å²) in [4.78, 5) is 0. The van der Waals surface area contributed by atoms with E-state index in [0.717, 1.165) is 12.1 Å². The molecule has 1 aromatic carbocycles. The number of nitrogens with two attached hydrogens (primary N) is 1. The molecule has 2 N–H and O–H groups in total. The maximum Gasteiger partial charge on any atom is 0.160 e. The van der Waals surface area contributed by atoms with Gasteiger partial charge in [0.1, 0.15) is 5.76 Å². The first-order valence-electron chi connectivity index (χ1n) is 4.53. The second kappa shape index (κ2) is 4.23. The molecule has 0 bridgehead atoms. The first-order chi connectivity index (χ1) is 7.59. The number of rotatable bonds is 2. The molecule has 0 aliphatic carbocycles. The lowest BCUT2D eigenvalue weighted by Gasteiger charge is -2.11. The van der Waals surface area contributed by atoms with Gasteiger partial charge in [-0.05, 0) is 29.8 Å². The molecule has 0 aliphatic heterocycles. The summed E-state index contributed by atoms with van der Waals surface area (Å²) in [5.41, 5.74) is 6.10. The highest BCUT2D eigenvalue weighted by Crippen LogP contribution is 2.28. The van der Waals surface area contributed by atoms with Crippen LogP contribution in [0.4, 0.5) is 8.78 Å². The molecule has 0 spiro atoms. The van der Waals surface area contributed by atoms with Crippen LogP contribution in [0.15, 0.2) is 34.9 Å². The van der Waals surface area contributed by atoms with E-state index in [9.17, 15) is 8.78 Å². The van der Waals surface area contributed by atoms with Gasteiger partial charge in [-0.3, -0.25) is 0 Å². The maximum atomic E-state index is 13.0. The Labute approximate surface area is 95.6 Å². The van der Waals surface area contributed by atoms with Crippen molar-refractivity contribution in [1.29, 1.82) is 0 Å². The Morgan fingerprint density at radius 2 is 1.94 bits per heavy atom. The van der Waals surface area contributed by atoms with Crippen molar-refractivity contribution in [2.24, 2.45) is 5.73 Å². The van der Waals surface area contributed by atoms with Gasteiger partial charge in [0, 0.05) is 5.02 Å². The van der Waals surface area contributed by atoms with E-state index in [1.54, 1.807) is 12.1 Å². The summed E-state index contributed by atoms with van der Waals surface area (Å²) < 4.78 is 31.0. The molecule has 1 atom stereocenters. The average Bonchev–Trinajstić information content (AvgIpc) is 2.75. The maximum absolute atomic E-state index is 13.0. The van der Waals surface area contributed by atoms with Crippen LogP contribution < -0.4 is 5.73 Å². The molecular formula is C11H8ClF2NO. The van der Waals surface area contributed by atoms with E-state index in [2.05, 4.69) is 0 Å². The van der Waals surface area contributed by atoms with Gasteiger partial charge in [0.25, 0.3) is 0 Å². The average molecular weight is 244 g/mol. The zero-order chi connectivity index (χ0) is 11.7. The number of furan rings is 1. The van der Waals surface area contributed by atoms with Crippen molar-refractivity contribution in [2.75, 3.05) is 0 Å². The van der Waals surface area contributed by atoms with Gasteiger partial charge in [0.15, 0.2) is 11.6 Å². The van der Waals surface area contributed by atoms with E-state index < -0.39 is 17.7 Å². The molecule has 5 heteroatoms. The molecule has 0 saturated carbocycles. The Balaban J connectivity index is 2.44. The summed E-state index contributed by atoms with van der Waals surface area (Å²) in [7, 11) is 0. The predicted octanol–water partition coefficient (Wildman–Crippen LogP) is 3.26. The summed E-state index contributed by atoms with van der Waals surface area (Å²) in [6, 6.07) is 4.46. The SMILES string of the molecule is NC(c1ccco1)c1cc(F)c(F)cc1Cl. The summed E-state index contributed by atoms with van der Waals surface area (Å²) in [6.07, 6.45) is 1.45. The van der Waals surface area contributed by atoms with Crippen LogP contribution in [0.1, 0.15) is 17.4 Å². The van der Waals surface area contributed by atoms with Crippen molar-refractivity contribution in [3.63, 3.8) is 0 Å². The fourth-order valence-electron chi connectivity index (χ4n) is 1.40. The lowest BCUT2D eigenvalue weighted by Crippen LogP contribution is -2.12. The van der Waals surface area contributed by atoms with E-state index in [4.69, 9.17) is 21.8 Å². The molecule has 84 valence electrons. The predicted molar refractivity (Wildman–Crippen MR) is 56.1 cm³/mol. The third-order valence-electron chi connectivity index (χ3n) is 2.22. The van der Waals surface area contributed by atoms with E-state index in [-0.39, 0.29) is 10.6 Å². The zero-order valence-electron chi connectivity index (χ0n) is 8.08. The minimum Gasteiger partial charge on any atom is -0.467 e. The third-order valence-corrected chi connectivity index (χ3v) is 2.55. The number of benzene rings is 1. The number of halogens is 3. The van der Waals surface area contributed by atoms with Crippen molar-refractivity contribution in [2.45, 2.75) is 6.04 Å². The quantitative estimate of drug-likeness (QED) is 0.823. The van der Waals surface area contributed by atoms with Crippen LogP contribution in [0.5, 0.6) is 0 Å². The minimum absolute atomic E-state index is 0.0720. The largest absolute Gasteiger partial charge is 0.467 e. The molecule has 1 unspecified atom stereocenters. The Kier molecular flexibility index (Phi) is 2.94. The second-order valence-electron chi connectivity index (χ2n) is 3.28. The zero-order valence-corrected chi connectivity index (χ0v) is 8.84. The Morgan fingerprint density at radius 3 is 2.56 bits per heavy atom. The molecule has 0 radical (unpaired) electrons. The van der Waals surface area contributed by atoms with Gasteiger partial charge in [-0.25, -0.2) is 8.78 Å². The highest BCUT2D eigenvalue weighted by molar-refractivity contribution is 6.31. The Morgan fingerprint density at radius 1 is 1.25 bits per heavy atom. The van der Waals surface area contributed by atoms with Crippen molar-refractivity contribution in [3.8, 4) is 0 Å².